The van der Waals surface area contributed by atoms with Crippen molar-refractivity contribution in [3.63, 3.8) is 0 Å². The standard InChI is InChI=1S/C23H25N5Si/c1-4-29(5-2,6-3)12-11-19-20(21-22(24)26-15-27-23(21)28-19)17-13-16-9-7-8-10-18(16)25-14-17/h7-10,13-15H,4-6H2,1-3H3,(H3,24,26,27,28). The molecule has 0 radical (unpaired) electrons. The quantitative estimate of drug-likeness (QED) is 0.367. The second-order valence-corrected chi connectivity index (χ2v) is 12.3. The van der Waals surface area contributed by atoms with Crippen molar-refractivity contribution in [2.45, 2.75) is 38.9 Å². The summed E-state index contributed by atoms with van der Waals surface area (Å²) in [5.41, 5.74) is 14.3. The topological polar surface area (TPSA) is 80.5 Å². The minimum absolute atomic E-state index is 0.451. The number of rotatable bonds is 4. The SMILES string of the molecule is CC[Si](C#Cc1[nH]c2ncnc(N)c2c1-c1cnc2ccccc2c1)(CC)CC. The number of fused-ring (bicyclic) bond motifs is 2. The summed E-state index contributed by atoms with van der Waals surface area (Å²) in [7, 11) is -1.59. The van der Waals surface area contributed by atoms with Gasteiger partial charge in [-0.1, -0.05) is 44.9 Å². The molecule has 0 unspecified atom stereocenters. The van der Waals surface area contributed by atoms with Gasteiger partial charge in [-0.15, -0.1) is 5.54 Å². The molecule has 4 aromatic rings. The van der Waals surface area contributed by atoms with E-state index in [1.165, 1.54) is 6.33 Å². The number of nitrogens with one attached hydrogen (secondary N) is 1. The Hall–Kier alpha value is -3.17. The lowest BCUT2D eigenvalue weighted by Crippen LogP contribution is -2.29. The lowest BCUT2D eigenvalue weighted by atomic mass is 10.0. The van der Waals surface area contributed by atoms with E-state index < -0.39 is 8.07 Å². The summed E-state index contributed by atoms with van der Waals surface area (Å²) >= 11 is 0. The summed E-state index contributed by atoms with van der Waals surface area (Å²) in [4.78, 5) is 16.6. The Morgan fingerprint density at radius 1 is 1.03 bits per heavy atom. The molecule has 29 heavy (non-hydrogen) atoms. The van der Waals surface area contributed by atoms with Crippen LogP contribution in [0.5, 0.6) is 0 Å². The third kappa shape index (κ3) is 3.38. The van der Waals surface area contributed by atoms with Gasteiger partial charge in [0.05, 0.1) is 16.6 Å². The molecule has 0 bridgehead atoms. The molecule has 3 N–H and O–H groups in total. The Bertz CT molecular complexity index is 1240. The first-order chi connectivity index (χ1) is 14.1. The van der Waals surface area contributed by atoms with E-state index in [1.807, 2.05) is 24.4 Å². The van der Waals surface area contributed by atoms with E-state index in [1.54, 1.807) is 0 Å². The average molecular weight is 400 g/mol. The van der Waals surface area contributed by atoms with Crippen LogP contribution < -0.4 is 5.73 Å². The molecular formula is C23H25N5Si. The van der Waals surface area contributed by atoms with E-state index in [9.17, 15) is 0 Å². The van der Waals surface area contributed by atoms with E-state index in [2.05, 4.69) is 64.3 Å². The molecule has 0 aliphatic rings. The van der Waals surface area contributed by atoms with Crippen molar-refractivity contribution in [1.29, 1.82) is 0 Å². The number of hydrogen-bond donors (Lipinski definition) is 2. The fourth-order valence-electron chi connectivity index (χ4n) is 3.85. The summed E-state index contributed by atoms with van der Waals surface area (Å²) in [5.74, 6) is 3.93. The van der Waals surface area contributed by atoms with Crippen LogP contribution in [0.15, 0.2) is 42.9 Å². The van der Waals surface area contributed by atoms with Gasteiger partial charge in [0.15, 0.2) is 0 Å². The normalized spacial score (nSPS) is 11.6. The Balaban J connectivity index is 1.98. The van der Waals surface area contributed by atoms with Gasteiger partial charge in [-0.25, -0.2) is 9.97 Å². The number of benzene rings is 1. The van der Waals surface area contributed by atoms with Crippen molar-refractivity contribution in [3.8, 4) is 22.6 Å². The van der Waals surface area contributed by atoms with Crippen molar-refractivity contribution >= 4 is 35.8 Å². The minimum atomic E-state index is -1.59. The van der Waals surface area contributed by atoms with E-state index in [0.717, 1.165) is 51.2 Å². The first kappa shape index (κ1) is 19.2. The number of aromatic nitrogens is 4. The Kier molecular flexibility index (Phi) is 5.08. The van der Waals surface area contributed by atoms with Crippen molar-refractivity contribution in [3.05, 3.63) is 48.5 Å². The van der Waals surface area contributed by atoms with Crippen molar-refractivity contribution < 1.29 is 0 Å². The molecule has 3 heterocycles. The molecule has 0 amide bonds. The number of hydrogen-bond acceptors (Lipinski definition) is 4. The van der Waals surface area contributed by atoms with Gasteiger partial charge < -0.3 is 10.7 Å². The van der Waals surface area contributed by atoms with E-state index in [4.69, 9.17) is 5.73 Å². The monoisotopic (exact) mass is 399 g/mol. The molecule has 0 aliphatic carbocycles. The van der Waals surface area contributed by atoms with Crippen LogP contribution >= 0.6 is 0 Å². The van der Waals surface area contributed by atoms with E-state index in [0.29, 0.717) is 11.5 Å². The van der Waals surface area contributed by atoms with Crippen molar-refractivity contribution in [2.24, 2.45) is 0 Å². The van der Waals surface area contributed by atoms with Crippen LogP contribution in [0.25, 0.3) is 33.1 Å². The average Bonchev–Trinajstić information content (AvgIpc) is 3.14. The number of nitrogen functional groups attached to an aromatic ring is 1. The summed E-state index contributed by atoms with van der Waals surface area (Å²) in [5, 5.41) is 1.89. The zero-order valence-corrected chi connectivity index (χ0v) is 18.1. The number of aromatic amines is 1. The van der Waals surface area contributed by atoms with Crippen molar-refractivity contribution in [2.75, 3.05) is 5.73 Å². The summed E-state index contributed by atoms with van der Waals surface area (Å²) in [6.07, 6.45) is 3.36. The number of anilines is 1. The minimum Gasteiger partial charge on any atom is -0.383 e. The molecule has 5 nitrogen and oxygen atoms in total. The fraction of sp³-hybridized carbons (Fsp3) is 0.261. The summed E-state index contributed by atoms with van der Waals surface area (Å²) in [6, 6.07) is 13.7. The maximum atomic E-state index is 6.25. The van der Waals surface area contributed by atoms with Crippen molar-refractivity contribution in [1.82, 2.24) is 19.9 Å². The van der Waals surface area contributed by atoms with Gasteiger partial charge in [0.2, 0.25) is 0 Å². The first-order valence-electron chi connectivity index (χ1n) is 10.1. The third-order valence-corrected chi connectivity index (χ3v) is 10.7. The number of nitrogens with two attached hydrogens (primary N) is 1. The molecule has 6 heteroatoms. The fourth-order valence-corrected chi connectivity index (χ4v) is 6.27. The van der Waals surface area contributed by atoms with Crippen LogP contribution in [-0.2, 0) is 0 Å². The first-order valence-corrected chi connectivity index (χ1v) is 12.7. The lowest BCUT2D eigenvalue weighted by molar-refractivity contribution is 1.20. The highest BCUT2D eigenvalue weighted by atomic mass is 28.3. The number of pyridine rings is 1. The second-order valence-electron chi connectivity index (χ2n) is 7.37. The number of nitrogens with zero attached hydrogens (tertiary/aromatic N) is 3. The molecule has 0 saturated carbocycles. The predicted octanol–water partition coefficient (Wildman–Crippen LogP) is 5.15. The van der Waals surface area contributed by atoms with Gasteiger partial charge in [-0.3, -0.25) is 4.98 Å². The molecule has 0 fully saturated rings. The molecule has 0 aliphatic heterocycles. The molecule has 0 spiro atoms. The maximum Gasteiger partial charge on any atom is 0.144 e. The van der Waals surface area contributed by atoms with Crippen LogP contribution in [0.2, 0.25) is 18.1 Å². The molecule has 146 valence electrons. The van der Waals surface area contributed by atoms with E-state index in [-0.39, 0.29) is 0 Å². The van der Waals surface area contributed by atoms with Crippen LogP contribution in [0.3, 0.4) is 0 Å². The second kappa shape index (κ2) is 7.68. The Morgan fingerprint density at radius 3 is 2.55 bits per heavy atom. The van der Waals surface area contributed by atoms with Crippen LogP contribution in [0.1, 0.15) is 26.5 Å². The molecule has 0 atom stereocenters. The van der Waals surface area contributed by atoms with Gasteiger partial charge in [-0.2, -0.15) is 0 Å². The number of para-hydroxylation sites is 1. The summed E-state index contributed by atoms with van der Waals surface area (Å²) < 4.78 is 0. The largest absolute Gasteiger partial charge is 0.383 e. The Morgan fingerprint density at radius 2 is 1.79 bits per heavy atom. The van der Waals surface area contributed by atoms with Gasteiger partial charge in [0, 0.05) is 22.7 Å². The molecular weight excluding hydrogens is 374 g/mol. The smallest absolute Gasteiger partial charge is 0.144 e. The van der Waals surface area contributed by atoms with E-state index >= 15 is 0 Å². The van der Waals surface area contributed by atoms with Gasteiger partial charge in [0.1, 0.15) is 25.9 Å². The third-order valence-electron chi connectivity index (χ3n) is 5.98. The maximum absolute atomic E-state index is 6.25. The number of H-pyrrole nitrogens is 1. The van der Waals surface area contributed by atoms with Crippen LogP contribution in [-0.4, -0.2) is 28.0 Å². The van der Waals surface area contributed by atoms with Crippen LogP contribution in [0.4, 0.5) is 5.82 Å². The highest BCUT2D eigenvalue weighted by Gasteiger charge is 2.25. The highest BCUT2D eigenvalue weighted by Crippen LogP contribution is 2.35. The Labute approximate surface area is 171 Å². The summed E-state index contributed by atoms with van der Waals surface area (Å²) in [6.45, 7) is 6.78. The lowest BCUT2D eigenvalue weighted by Gasteiger charge is -2.19. The van der Waals surface area contributed by atoms with Crippen LogP contribution in [0, 0.1) is 11.5 Å². The van der Waals surface area contributed by atoms with Gasteiger partial charge in [-0.05, 0) is 30.3 Å². The molecule has 4 rings (SSSR count). The molecule has 0 saturated heterocycles. The zero-order valence-electron chi connectivity index (χ0n) is 17.1. The molecule has 1 aromatic carbocycles. The highest BCUT2D eigenvalue weighted by molar-refractivity contribution is 6.87. The predicted molar refractivity (Wildman–Crippen MR) is 123 cm³/mol. The zero-order chi connectivity index (χ0) is 20.4. The van der Waals surface area contributed by atoms with Gasteiger partial charge >= 0.3 is 0 Å². The molecule has 3 aromatic heterocycles. The van der Waals surface area contributed by atoms with Gasteiger partial charge in [0.25, 0.3) is 0 Å².